The fourth-order valence-corrected chi connectivity index (χ4v) is 1.74. The quantitative estimate of drug-likeness (QED) is 0.631. The summed E-state index contributed by atoms with van der Waals surface area (Å²) >= 11 is 0. The fraction of sp³-hybridized carbons (Fsp3) is 0.0588. The summed E-state index contributed by atoms with van der Waals surface area (Å²) in [4.78, 5) is 23.8. The Labute approximate surface area is 117 Å². The average Bonchev–Trinajstić information content (AvgIpc) is 2.67. The molecule has 0 saturated carbocycles. The first kappa shape index (κ1) is 13.7. The van der Waals surface area contributed by atoms with Gasteiger partial charge < -0.3 is 4.74 Å². The molecule has 100 valence electrons. The van der Waals surface area contributed by atoms with Crippen molar-refractivity contribution in [2.24, 2.45) is 0 Å². The van der Waals surface area contributed by atoms with Crippen molar-refractivity contribution in [2.75, 3.05) is 7.11 Å². The molecule has 0 N–H and O–H groups in total. The van der Waals surface area contributed by atoms with Crippen LogP contribution in [-0.4, -0.2) is 12.9 Å². The zero-order chi connectivity index (χ0) is 14.4. The van der Waals surface area contributed by atoms with E-state index in [1.54, 1.807) is 24.3 Å². The first-order chi connectivity index (χ1) is 9.70. The number of methoxy groups -OCH3 is 1. The minimum absolute atomic E-state index is 0.218. The standard InChI is InChI=1S/C17H14O3/c1-20-17-9-5-8-14(12-16(17)19)15(18)11-10-13-6-3-2-4-7-13/h2-12H,1H3/b11-10+. The molecule has 0 radical (unpaired) electrons. The Morgan fingerprint density at radius 1 is 1.05 bits per heavy atom. The lowest BCUT2D eigenvalue weighted by Gasteiger charge is -1.93. The minimum Gasteiger partial charge on any atom is -0.493 e. The van der Waals surface area contributed by atoms with Gasteiger partial charge in [0.15, 0.2) is 11.5 Å². The Morgan fingerprint density at radius 3 is 2.50 bits per heavy atom. The lowest BCUT2D eigenvalue weighted by Crippen LogP contribution is -2.03. The van der Waals surface area contributed by atoms with Crippen LogP contribution in [0.25, 0.3) is 6.08 Å². The second-order valence-electron chi connectivity index (χ2n) is 4.17. The lowest BCUT2D eigenvalue weighted by molar-refractivity contribution is 0.104. The Hall–Kier alpha value is -2.68. The van der Waals surface area contributed by atoms with Crippen LogP contribution in [0, 0.1) is 0 Å². The van der Waals surface area contributed by atoms with Gasteiger partial charge in [0.2, 0.25) is 5.43 Å². The highest BCUT2D eigenvalue weighted by Crippen LogP contribution is 2.06. The van der Waals surface area contributed by atoms with Crippen LogP contribution in [0.15, 0.2) is 65.5 Å². The van der Waals surface area contributed by atoms with Crippen LogP contribution >= 0.6 is 0 Å². The van der Waals surface area contributed by atoms with Gasteiger partial charge in [0.1, 0.15) is 0 Å². The third-order valence-electron chi connectivity index (χ3n) is 2.78. The molecule has 3 nitrogen and oxygen atoms in total. The smallest absolute Gasteiger partial charge is 0.221 e. The number of allylic oxidation sites excluding steroid dienone is 1. The van der Waals surface area contributed by atoms with Crippen molar-refractivity contribution >= 4 is 11.9 Å². The van der Waals surface area contributed by atoms with E-state index < -0.39 is 0 Å². The number of benzene rings is 1. The van der Waals surface area contributed by atoms with E-state index in [9.17, 15) is 9.59 Å². The van der Waals surface area contributed by atoms with Gasteiger partial charge >= 0.3 is 0 Å². The van der Waals surface area contributed by atoms with Crippen molar-refractivity contribution < 1.29 is 9.53 Å². The second kappa shape index (κ2) is 6.48. The molecule has 2 rings (SSSR count). The Kier molecular flexibility index (Phi) is 4.45. The van der Waals surface area contributed by atoms with Gasteiger partial charge in [-0.15, -0.1) is 0 Å². The molecule has 0 bridgehead atoms. The van der Waals surface area contributed by atoms with Gasteiger partial charge in [-0.3, -0.25) is 9.59 Å². The van der Waals surface area contributed by atoms with Gasteiger partial charge in [0.25, 0.3) is 0 Å². The highest BCUT2D eigenvalue weighted by atomic mass is 16.5. The number of carbonyl (C=O) groups is 1. The monoisotopic (exact) mass is 266 g/mol. The van der Waals surface area contributed by atoms with Crippen molar-refractivity contribution in [3.05, 3.63) is 82.0 Å². The number of hydrogen-bond donors (Lipinski definition) is 0. The lowest BCUT2D eigenvalue weighted by atomic mass is 10.1. The van der Waals surface area contributed by atoms with Crippen LogP contribution in [0.4, 0.5) is 0 Å². The van der Waals surface area contributed by atoms with E-state index in [1.807, 2.05) is 30.3 Å². The summed E-state index contributed by atoms with van der Waals surface area (Å²) in [5, 5.41) is 0. The van der Waals surface area contributed by atoms with Gasteiger partial charge in [-0.1, -0.05) is 48.5 Å². The van der Waals surface area contributed by atoms with Gasteiger partial charge in [0, 0.05) is 11.6 Å². The van der Waals surface area contributed by atoms with Crippen LogP contribution in [0.1, 0.15) is 15.9 Å². The number of ether oxygens (including phenoxy) is 1. The van der Waals surface area contributed by atoms with E-state index in [4.69, 9.17) is 4.74 Å². The van der Waals surface area contributed by atoms with Gasteiger partial charge in [0.05, 0.1) is 7.11 Å². The van der Waals surface area contributed by atoms with Gasteiger partial charge in [-0.2, -0.15) is 0 Å². The molecule has 0 heterocycles. The highest BCUT2D eigenvalue weighted by molar-refractivity contribution is 6.06. The maximum Gasteiger partial charge on any atom is 0.221 e. The number of carbonyl (C=O) groups excluding carboxylic acids is 1. The summed E-state index contributed by atoms with van der Waals surface area (Å²) in [6, 6.07) is 15.6. The molecule has 0 amide bonds. The molecule has 3 heteroatoms. The third kappa shape index (κ3) is 3.42. The Bertz CT molecular complexity index is 688. The summed E-state index contributed by atoms with van der Waals surface area (Å²) in [6.45, 7) is 0. The molecule has 0 saturated heterocycles. The van der Waals surface area contributed by atoms with Crippen LogP contribution in [0.5, 0.6) is 5.75 Å². The van der Waals surface area contributed by atoms with E-state index in [0.717, 1.165) is 5.56 Å². The van der Waals surface area contributed by atoms with E-state index in [0.29, 0.717) is 5.56 Å². The maximum absolute atomic E-state index is 12.0. The predicted octanol–water partition coefficient (Wildman–Crippen LogP) is 2.95. The van der Waals surface area contributed by atoms with E-state index in [2.05, 4.69) is 0 Å². The summed E-state index contributed by atoms with van der Waals surface area (Å²) in [5.41, 5.74) is 0.959. The van der Waals surface area contributed by atoms with Crippen LogP contribution in [-0.2, 0) is 0 Å². The van der Waals surface area contributed by atoms with Crippen molar-refractivity contribution in [3.63, 3.8) is 0 Å². The molecule has 0 spiro atoms. The summed E-state index contributed by atoms with van der Waals surface area (Å²) in [7, 11) is 1.42. The molecule has 0 aliphatic carbocycles. The van der Waals surface area contributed by atoms with Gasteiger partial charge in [-0.25, -0.2) is 0 Å². The van der Waals surface area contributed by atoms with E-state index in [-0.39, 0.29) is 17.0 Å². The molecule has 0 fully saturated rings. The summed E-state index contributed by atoms with van der Waals surface area (Å²) in [5.74, 6) is 0.000273. The topological polar surface area (TPSA) is 43.4 Å². The van der Waals surface area contributed by atoms with Crippen molar-refractivity contribution in [3.8, 4) is 5.75 Å². The molecular formula is C17H14O3. The molecular weight excluding hydrogens is 252 g/mol. The Morgan fingerprint density at radius 2 is 1.80 bits per heavy atom. The highest BCUT2D eigenvalue weighted by Gasteiger charge is 2.03. The summed E-state index contributed by atoms with van der Waals surface area (Å²) in [6.07, 6.45) is 3.17. The van der Waals surface area contributed by atoms with Gasteiger partial charge in [-0.05, 0) is 17.7 Å². The predicted molar refractivity (Wildman–Crippen MR) is 79.1 cm³/mol. The minimum atomic E-state index is -0.311. The molecule has 2 aromatic carbocycles. The SMILES string of the molecule is COc1cccc(C(=O)/C=C/c2ccccc2)cc1=O. The zero-order valence-corrected chi connectivity index (χ0v) is 11.1. The van der Waals surface area contributed by atoms with Crippen LogP contribution < -0.4 is 10.2 Å². The Balaban J connectivity index is 2.27. The van der Waals surface area contributed by atoms with Crippen LogP contribution in [0.2, 0.25) is 0 Å². The average molecular weight is 266 g/mol. The number of ketones is 1. The second-order valence-corrected chi connectivity index (χ2v) is 4.17. The largest absolute Gasteiger partial charge is 0.493 e. The molecule has 0 atom stereocenters. The molecule has 0 aromatic heterocycles. The van der Waals surface area contributed by atoms with Crippen molar-refractivity contribution in [1.82, 2.24) is 0 Å². The molecule has 2 aromatic rings. The normalized spacial score (nSPS) is 10.4. The first-order valence-corrected chi connectivity index (χ1v) is 6.16. The molecule has 0 aliphatic heterocycles. The third-order valence-corrected chi connectivity index (χ3v) is 2.78. The fourth-order valence-electron chi connectivity index (χ4n) is 1.74. The zero-order valence-electron chi connectivity index (χ0n) is 11.1. The molecule has 0 unspecified atom stereocenters. The summed E-state index contributed by atoms with van der Waals surface area (Å²) < 4.78 is 4.93. The van der Waals surface area contributed by atoms with E-state index in [1.165, 1.54) is 19.3 Å². The number of hydrogen-bond acceptors (Lipinski definition) is 3. The van der Waals surface area contributed by atoms with E-state index >= 15 is 0 Å². The van der Waals surface area contributed by atoms with Crippen molar-refractivity contribution in [1.29, 1.82) is 0 Å². The molecule has 0 aliphatic rings. The maximum atomic E-state index is 12.0. The van der Waals surface area contributed by atoms with Crippen LogP contribution in [0.3, 0.4) is 0 Å². The number of rotatable bonds is 4. The molecule has 20 heavy (non-hydrogen) atoms. The first-order valence-electron chi connectivity index (χ1n) is 6.16. The van der Waals surface area contributed by atoms with Crippen molar-refractivity contribution in [2.45, 2.75) is 0 Å².